The number of anilines is 1. The largest absolute Gasteiger partial charge is 0.508 e. The Kier molecular flexibility index (Phi) is 5.54. The number of hydrogen-bond acceptors (Lipinski definition) is 4. The summed E-state index contributed by atoms with van der Waals surface area (Å²) in [5.41, 5.74) is 0.741. The average molecular weight is 359 g/mol. The van der Waals surface area contributed by atoms with Gasteiger partial charge in [-0.3, -0.25) is 4.79 Å². The van der Waals surface area contributed by atoms with Gasteiger partial charge in [-0.1, -0.05) is 0 Å². The number of aromatic hydroxyl groups is 1. The minimum Gasteiger partial charge on any atom is -0.508 e. The molecule has 2 atom stereocenters. The van der Waals surface area contributed by atoms with Crippen LogP contribution >= 0.6 is 0 Å². The second-order valence-corrected chi connectivity index (χ2v) is 7.94. The van der Waals surface area contributed by atoms with Crippen molar-refractivity contribution in [3.63, 3.8) is 0 Å². The van der Waals surface area contributed by atoms with Gasteiger partial charge in [0.2, 0.25) is 5.91 Å². The predicted molar refractivity (Wildman–Crippen MR) is 100 cm³/mol. The highest BCUT2D eigenvalue weighted by Gasteiger charge is 2.37. The fourth-order valence-electron chi connectivity index (χ4n) is 4.48. The summed E-state index contributed by atoms with van der Waals surface area (Å²) in [5, 5.41) is 9.78. The van der Waals surface area contributed by atoms with Gasteiger partial charge in [0.15, 0.2) is 0 Å². The van der Waals surface area contributed by atoms with Crippen molar-refractivity contribution in [2.45, 2.75) is 58.4 Å². The number of carbonyl (C=O) groups is 2. The van der Waals surface area contributed by atoms with E-state index >= 15 is 0 Å². The number of rotatable bonds is 4. The molecule has 0 aromatic heterocycles. The van der Waals surface area contributed by atoms with Gasteiger partial charge < -0.3 is 14.7 Å². The van der Waals surface area contributed by atoms with Crippen LogP contribution in [0.5, 0.6) is 5.75 Å². The monoisotopic (exact) mass is 359 g/mol. The molecule has 2 unspecified atom stereocenters. The first-order valence-electron chi connectivity index (χ1n) is 9.66. The zero-order valence-corrected chi connectivity index (χ0v) is 15.9. The number of methoxy groups -OCH3 is 1. The third-order valence-corrected chi connectivity index (χ3v) is 6.09. The number of amides is 1. The number of benzene rings is 1. The summed E-state index contributed by atoms with van der Waals surface area (Å²) in [4.78, 5) is 27.3. The van der Waals surface area contributed by atoms with Gasteiger partial charge in [0.1, 0.15) is 5.75 Å². The van der Waals surface area contributed by atoms with Gasteiger partial charge in [0.25, 0.3) is 0 Å². The van der Waals surface area contributed by atoms with Crippen LogP contribution in [0, 0.1) is 17.8 Å². The van der Waals surface area contributed by atoms with Crippen LogP contribution in [0.3, 0.4) is 0 Å². The van der Waals surface area contributed by atoms with Crippen molar-refractivity contribution in [3.05, 3.63) is 23.8 Å². The molecule has 5 nitrogen and oxygen atoms in total. The SMILES string of the molecule is COC(=O)c1cc(O)ccc1N(C(=O)C1CCC2CCC2CC1)C(C)C. The van der Waals surface area contributed by atoms with Crippen molar-refractivity contribution in [3.8, 4) is 5.75 Å². The molecule has 1 aromatic rings. The summed E-state index contributed by atoms with van der Waals surface area (Å²) in [6, 6.07) is 4.44. The molecule has 142 valence electrons. The molecule has 0 aliphatic heterocycles. The smallest absolute Gasteiger partial charge is 0.340 e. The molecule has 2 aliphatic rings. The van der Waals surface area contributed by atoms with Crippen molar-refractivity contribution < 1.29 is 19.4 Å². The number of nitrogens with zero attached hydrogens (tertiary/aromatic N) is 1. The van der Waals surface area contributed by atoms with Crippen LogP contribution in [-0.4, -0.2) is 30.1 Å². The standard InChI is InChI=1S/C21H29NO4/c1-13(2)22(19-11-10-17(23)12-18(19)21(25)26-3)20(24)16-8-6-14-4-5-15(14)7-9-16/h10-16,23H,4-9H2,1-3H3. The lowest BCUT2D eigenvalue weighted by Gasteiger charge is -2.35. The summed E-state index contributed by atoms with van der Waals surface area (Å²) in [6.07, 6.45) is 6.73. The van der Waals surface area contributed by atoms with Crippen LogP contribution < -0.4 is 4.90 Å². The van der Waals surface area contributed by atoms with E-state index in [1.165, 1.54) is 32.1 Å². The van der Waals surface area contributed by atoms with Gasteiger partial charge >= 0.3 is 5.97 Å². The highest BCUT2D eigenvalue weighted by Crippen LogP contribution is 2.45. The minimum absolute atomic E-state index is 0.00213. The van der Waals surface area contributed by atoms with E-state index in [1.54, 1.807) is 11.0 Å². The Labute approximate surface area is 155 Å². The first-order chi connectivity index (χ1) is 12.4. The Hall–Kier alpha value is -2.04. The molecule has 1 N–H and O–H groups in total. The molecule has 0 saturated heterocycles. The Morgan fingerprint density at radius 1 is 1.08 bits per heavy atom. The van der Waals surface area contributed by atoms with E-state index in [0.717, 1.165) is 37.5 Å². The molecular weight excluding hydrogens is 330 g/mol. The maximum absolute atomic E-state index is 13.4. The zero-order chi connectivity index (χ0) is 18.8. The van der Waals surface area contributed by atoms with Gasteiger partial charge in [-0.05, 0) is 82.4 Å². The van der Waals surface area contributed by atoms with Crippen molar-refractivity contribution in [2.75, 3.05) is 12.0 Å². The fraction of sp³-hybridized carbons (Fsp3) is 0.619. The van der Waals surface area contributed by atoms with Gasteiger partial charge in [0.05, 0.1) is 18.4 Å². The summed E-state index contributed by atoms with van der Waals surface area (Å²) >= 11 is 0. The first-order valence-corrected chi connectivity index (χ1v) is 9.66. The third kappa shape index (κ3) is 3.57. The minimum atomic E-state index is -0.548. The Balaban J connectivity index is 1.89. The summed E-state index contributed by atoms with van der Waals surface area (Å²) in [5.74, 6) is 1.13. The number of hydrogen-bond donors (Lipinski definition) is 1. The van der Waals surface area contributed by atoms with Crippen molar-refractivity contribution >= 4 is 17.6 Å². The van der Waals surface area contributed by atoms with E-state index in [-0.39, 0.29) is 29.2 Å². The number of ether oxygens (including phenoxy) is 1. The molecule has 2 aliphatic carbocycles. The Bertz CT molecular complexity index is 671. The molecule has 1 amide bonds. The predicted octanol–water partition coefficient (Wildman–Crippen LogP) is 4.14. The van der Waals surface area contributed by atoms with Crippen molar-refractivity contribution in [1.29, 1.82) is 0 Å². The second kappa shape index (κ2) is 7.68. The van der Waals surface area contributed by atoms with E-state index in [4.69, 9.17) is 4.74 Å². The summed E-state index contributed by atoms with van der Waals surface area (Å²) in [6.45, 7) is 3.90. The van der Waals surface area contributed by atoms with Crippen LogP contribution in [0.15, 0.2) is 18.2 Å². The quantitative estimate of drug-likeness (QED) is 0.821. The molecule has 0 spiro atoms. The van der Waals surface area contributed by atoms with Gasteiger partial charge in [-0.25, -0.2) is 4.79 Å². The Morgan fingerprint density at radius 3 is 2.15 bits per heavy atom. The summed E-state index contributed by atoms with van der Waals surface area (Å²) in [7, 11) is 1.30. The lowest BCUT2D eigenvalue weighted by atomic mass is 9.71. The van der Waals surface area contributed by atoms with E-state index in [1.807, 2.05) is 13.8 Å². The van der Waals surface area contributed by atoms with Crippen LogP contribution in [0.1, 0.15) is 62.7 Å². The molecule has 0 bridgehead atoms. The van der Waals surface area contributed by atoms with Crippen LogP contribution in [0.4, 0.5) is 5.69 Å². The molecule has 0 heterocycles. The number of fused-ring (bicyclic) bond motifs is 1. The highest BCUT2D eigenvalue weighted by molar-refractivity contribution is 6.03. The molecule has 26 heavy (non-hydrogen) atoms. The number of phenolic OH excluding ortho intramolecular Hbond substituents is 1. The van der Waals surface area contributed by atoms with E-state index in [2.05, 4.69) is 0 Å². The third-order valence-electron chi connectivity index (χ3n) is 6.09. The Morgan fingerprint density at radius 2 is 1.65 bits per heavy atom. The highest BCUT2D eigenvalue weighted by atomic mass is 16.5. The normalized spacial score (nSPS) is 25.0. The zero-order valence-electron chi connectivity index (χ0n) is 15.9. The van der Waals surface area contributed by atoms with Gasteiger partial charge in [0, 0.05) is 12.0 Å². The fourth-order valence-corrected chi connectivity index (χ4v) is 4.48. The van der Waals surface area contributed by atoms with Crippen LogP contribution in [-0.2, 0) is 9.53 Å². The second-order valence-electron chi connectivity index (χ2n) is 7.94. The average Bonchev–Trinajstić information content (AvgIpc) is 2.73. The van der Waals surface area contributed by atoms with Crippen molar-refractivity contribution in [2.24, 2.45) is 17.8 Å². The number of phenols is 1. The topological polar surface area (TPSA) is 66.8 Å². The molecular formula is C21H29NO4. The van der Waals surface area contributed by atoms with Gasteiger partial charge in [-0.2, -0.15) is 0 Å². The van der Waals surface area contributed by atoms with Crippen LogP contribution in [0.2, 0.25) is 0 Å². The van der Waals surface area contributed by atoms with Crippen molar-refractivity contribution in [1.82, 2.24) is 0 Å². The molecule has 0 radical (unpaired) electrons. The van der Waals surface area contributed by atoms with Gasteiger partial charge in [-0.15, -0.1) is 0 Å². The first kappa shape index (κ1) is 18.7. The van der Waals surface area contributed by atoms with E-state index in [9.17, 15) is 14.7 Å². The molecule has 3 rings (SSSR count). The van der Waals surface area contributed by atoms with Crippen LogP contribution in [0.25, 0.3) is 0 Å². The number of esters is 1. The summed E-state index contributed by atoms with van der Waals surface area (Å²) < 4.78 is 4.86. The maximum atomic E-state index is 13.4. The number of carbonyl (C=O) groups excluding carboxylic acids is 2. The van der Waals surface area contributed by atoms with E-state index in [0.29, 0.717) is 5.69 Å². The maximum Gasteiger partial charge on any atom is 0.340 e. The molecule has 5 heteroatoms. The molecule has 1 aromatic carbocycles. The molecule has 2 saturated carbocycles. The molecule has 2 fully saturated rings. The lowest BCUT2D eigenvalue weighted by molar-refractivity contribution is -0.123. The lowest BCUT2D eigenvalue weighted by Crippen LogP contribution is -2.42. The van der Waals surface area contributed by atoms with E-state index < -0.39 is 5.97 Å².